The fraction of sp³-hybridized carbons (Fsp3) is 0.464. The van der Waals surface area contributed by atoms with Gasteiger partial charge in [0.15, 0.2) is 0 Å². The molecule has 11 nitrogen and oxygen atoms in total. The van der Waals surface area contributed by atoms with E-state index in [9.17, 15) is 28.2 Å². The monoisotopic (exact) mass is 576 g/mol. The number of aliphatic hydroxyl groups excluding tert-OH is 1. The fourth-order valence-corrected chi connectivity index (χ4v) is 5.87. The SMILES string of the molecule is CC(C)CN(C(O)C[C@H](Cc1ccccc1)NC(=O)[C@@H](NC(=O)O)C(C)(C)C)S(=O)(=O)c1ccc(C=NO)cc1. The molecule has 0 saturated heterocycles. The van der Waals surface area contributed by atoms with Gasteiger partial charge in [-0.1, -0.05) is 82.2 Å². The summed E-state index contributed by atoms with van der Waals surface area (Å²) in [5.74, 6) is -0.708. The summed E-state index contributed by atoms with van der Waals surface area (Å²) in [6.45, 7) is 8.84. The van der Waals surface area contributed by atoms with Crippen LogP contribution < -0.4 is 10.6 Å². The summed E-state index contributed by atoms with van der Waals surface area (Å²) in [4.78, 5) is 24.6. The standard InChI is InChI=1S/C28H40N4O7S/c1-19(2)18-32(40(38,39)23-13-11-21(12-14-23)17-29-37)24(33)16-22(15-20-9-7-6-8-10-20)30-26(34)25(28(3,4)5)31-27(35)36/h6-14,17,19,22,24-25,31,33,37H,15-16,18H2,1-5H3,(H,30,34)(H,35,36)/t22-,24?,25+/m0/s1. The number of rotatable bonds is 13. The zero-order valence-electron chi connectivity index (χ0n) is 23.5. The highest BCUT2D eigenvalue weighted by atomic mass is 32.2. The summed E-state index contributed by atoms with van der Waals surface area (Å²) in [6.07, 6.45) is -1.55. The van der Waals surface area contributed by atoms with Crippen molar-refractivity contribution in [2.45, 2.75) is 70.7 Å². The Morgan fingerprint density at radius 1 is 1.02 bits per heavy atom. The summed E-state index contributed by atoms with van der Waals surface area (Å²) in [5, 5.41) is 37.4. The second kappa shape index (κ2) is 14.2. The Bertz CT molecular complexity index is 1240. The van der Waals surface area contributed by atoms with Crippen molar-refractivity contribution in [1.29, 1.82) is 0 Å². The van der Waals surface area contributed by atoms with Gasteiger partial charge in [0.25, 0.3) is 0 Å². The molecule has 0 aliphatic rings. The van der Waals surface area contributed by atoms with Crippen LogP contribution in [0.5, 0.6) is 0 Å². The average Bonchev–Trinajstić information content (AvgIpc) is 2.86. The van der Waals surface area contributed by atoms with Gasteiger partial charge in [0, 0.05) is 19.0 Å². The Kier molecular flexibility index (Phi) is 11.7. The molecule has 2 rings (SSSR count). The van der Waals surface area contributed by atoms with Crippen molar-refractivity contribution < 1.29 is 33.4 Å². The zero-order valence-corrected chi connectivity index (χ0v) is 24.3. The molecule has 12 heteroatoms. The predicted octanol–water partition coefficient (Wildman–Crippen LogP) is 3.26. The number of carbonyl (C=O) groups excluding carboxylic acids is 1. The van der Waals surface area contributed by atoms with Gasteiger partial charge < -0.3 is 26.1 Å². The van der Waals surface area contributed by atoms with Crippen LogP contribution >= 0.6 is 0 Å². The molecule has 0 aliphatic heterocycles. The van der Waals surface area contributed by atoms with E-state index in [1.54, 1.807) is 20.8 Å². The van der Waals surface area contributed by atoms with Crippen LogP contribution in [0.3, 0.4) is 0 Å². The molecule has 40 heavy (non-hydrogen) atoms. The first-order valence-electron chi connectivity index (χ1n) is 13.0. The smallest absolute Gasteiger partial charge is 0.405 e. The van der Waals surface area contributed by atoms with Gasteiger partial charge in [-0.15, -0.1) is 0 Å². The Labute approximate surface area is 236 Å². The normalized spacial score (nSPS) is 14.7. The topological polar surface area (TPSA) is 169 Å². The van der Waals surface area contributed by atoms with Crippen LogP contribution in [-0.2, 0) is 21.2 Å². The van der Waals surface area contributed by atoms with E-state index in [1.165, 1.54) is 24.3 Å². The number of hydrogen-bond donors (Lipinski definition) is 5. The van der Waals surface area contributed by atoms with Crippen LogP contribution in [0.25, 0.3) is 0 Å². The number of nitrogens with zero attached hydrogens (tertiary/aromatic N) is 2. The van der Waals surface area contributed by atoms with Crippen molar-refractivity contribution in [3.63, 3.8) is 0 Å². The number of sulfonamides is 1. The van der Waals surface area contributed by atoms with Gasteiger partial charge >= 0.3 is 6.09 Å². The lowest BCUT2D eigenvalue weighted by molar-refractivity contribution is -0.126. The van der Waals surface area contributed by atoms with E-state index in [0.29, 0.717) is 5.56 Å². The van der Waals surface area contributed by atoms with Crippen LogP contribution in [0.2, 0.25) is 0 Å². The number of benzene rings is 2. The maximum absolute atomic E-state index is 13.6. The molecule has 0 bridgehead atoms. The zero-order chi connectivity index (χ0) is 30.1. The number of carbonyl (C=O) groups is 2. The van der Waals surface area contributed by atoms with Gasteiger partial charge in [-0.25, -0.2) is 13.2 Å². The van der Waals surface area contributed by atoms with Crippen molar-refractivity contribution >= 4 is 28.2 Å². The van der Waals surface area contributed by atoms with E-state index >= 15 is 0 Å². The van der Waals surface area contributed by atoms with Crippen LogP contribution in [0.4, 0.5) is 4.79 Å². The highest BCUT2D eigenvalue weighted by Crippen LogP contribution is 2.24. The van der Waals surface area contributed by atoms with Gasteiger partial charge in [0.2, 0.25) is 15.9 Å². The number of oxime groups is 1. The molecule has 1 unspecified atom stereocenters. The van der Waals surface area contributed by atoms with E-state index in [0.717, 1.165) is 16.1 Å². The lowest BCUT2D eigenvalue weighted by Gasteiger charge is -2.34. The highest BCUT2D eigenvalue weighted by molar-refractivity contribution is 7.89. The molecule has 0 fully saturated rings. The third-order valence-corrected chi connectivity index (χ3v) is 8.01. The first kappa shape index (κ1) is 32.7. The number of amides is 2. The molecule has 0 radical (unpaired) electrons. The molecule has 220 valence electrons. The molecule has 2 aromatic rings. The summed E-state index contributed by atoms with van der Waals surface area (Å²) in [5.41, 5.74) is 0.586. The number of hydrogen-bond acceptors (Lipinski definition) is 7. The van der Waals surface area contributed by atoms with Gasteiger partial charge in [0.05, 0.1) is 11.1 Å². The number of carboxylic acid groups (broad SMARTS) is 1. The van der Waals surface area contributed by atoms with E-state index in [-0.39, 0.29) is 30.2 Å². The van der Waals surface area contributed by atoms with Gasteiger partial charge in [-0.2, -0.15) is 4.31 Å². The number of aliphatic hydroxyl groups is 1. The molecule has 0 saturated carbocycles. The number of nitrogens with one attached hydrogen (secondary N) is 2. The van der Waals surface area contributed by atoms with E-state index in [2.05, 4.69) is 15.8 Å². The van der Waals surface area contributed by atoms with Crippen molar-refractivity contribution in [1.82, 2.24) is 14.9 Å². The third kappa shape index (κ3) is 9.61. The van der Waals surface area contributed by atoms with E-state index in [4.69, 9.17) is 5.21 Å². The van der Waals surface area contributed by atoms with Crippen molar-refractivity contribution in [2.24, 2.45) is 16.5 Å². The summed E-state index contributed by atoms with van der Waals surface area (Å²) < 4.78 is 28.3. The Hall–Kier alpha value is -3.48. The average molecular weight is 577 g/mol. The molecule has 3 atom stereocenters. The Morgan fingerprint density at radius 3 is 2.12 bits per heavy atom. The first-order chi connectivity index (χ1) is 18.6. The second-order valence-corrected chi connectivity index (χ2v) is 13.0. The molecule has 2 amide bonds. The molecule has 0 spiro atoms. The van der Waals surface area contributed by atoms with Crippen LogP contribution in [-0.4, -0.2) is 71.2 Å². The highest BCUT2D eigenvalue weighted by Gasteiger charge is 2.36. The minimum absolute atomic E-state index is 0.0144. The predicted molar refractivity (Wildman–Crippen MR) is 152 cm³/mol. The summed E-state index contributed by atoms with van der Waals surface area (Å²) in [6, 6.07) is 13.1. The van der Waals surface area contributed by atoms with Gasteiger partial charge in [-0.3, -0.25) is 4.79 Å². The Morgan fingerprint density at radius 2 is 1.62 bits per heavy atom. The summed E-state index contributed by atoms with van der Waals surface area (Å²) in [7, 11) is -4.16. The lowest BCUT2D eigenvalue weighted by Crippen LogP contribution is -2.56. The van der Waals surface area contributed by atoms with E-state index in [1.807, 2.05) is 44.2 Å². The van der Waals surface area contributed by atoms with Crippen molar-refractivity contribution in [3.05, 3.63) is 65.7 Å². The van der Waals surface area contributed by atoms with Gasteiger partial charge in [-0.05, 0) is 41.0 Å². The quantitative estimate of drug-likeness (QED) is 0.105. The van der Waals surface area contributed by atoms with Crippen molar-refractivity contribution in [2.75, 3.05) is 6.54 Å². The van der Waals surface area contributed by atoms with E-state index < -0.39 is 45.8 Å². The fourth-order valence-electron chi connectivity index (χ4n) is 4.22. The van der Waals surface area contributed by atoms with Crippen LogP contribution in [0.15, 0.2) is 64.6 Å². The maximum atomic E-state index is 13.6. The lowest BCUT2D eigenvalue weighted by atomic mass is 9.86. The van der Waals surface area contributed by atoms with Gasteiger partial charge in [0.1, 0.15) is 12.3 Å². The molecule has 0 aromatic heterocycles. The molecule has 5 N–H and O–H groups in total. The second-order valence-electron chi connectivity index (χ2n) is 11.1. The molecule has 0 heterocycles. The minimum Gasteiger partial charge on any atom is -0.465 e. The van der Waals surface area contributed by atoms with Crippen molar-refractivity contribution in [3.8, 4) is 0 Å². The minimum atomic E-state index is -4.16. The maximum Gasteiger partial charge on any atom is 0.405 e. The van der Waals surface area contributed by atoms with Crippen LogP contribution in [0, 0.1) is 11.3 Å². The first-order valence-corrected chi connectivity index (χ1v) is 14.4. The molecule has 2 aromatic carbocycles. The van der Waals surface area contributed by atoms with Crippen LogP contribution in [0.1, 0.15) is 52.2 Å². The summed E-state index contributed by atoms with van der Waals surface area (Å²) >= 11 is 0. The largest absolute Gasteiger partial charge is 0.465 e. The molecular formula is C28H40N4O7S. The molecular weight excluding hydrogens is 536 g/mol. The molecule has 0 aliphatic carbocycles. The third-order valence-electron chi connectivity index (χ3n) is 6.13. The Balaban J connectivity index is 2.40.